The van der Waals surface area contributed by atoms with Crippen LogP contribution in [0.25, 0.3) is 0 Å². The summed E-state index contributed by atoms with van der Waals surface area (Å²) in [6.45, 7) is 4.12. The fraction of sp³-hybridized carbons (Fsp3) is 0.647. The molecule has 3 N–H and O–H groups in total. The van der Waals surface area contributed by atoms with Gasteiger partial charge in [-0.05, 0) is 43.7 Å². The maximum absolute atomic E-state index is 12.0. The Labute approximate surface area is 184 Å². The number of nitrogens with one attached hydrogen (secondary N) is 3. The maximum atomic E-state index is 12.0. The average molecular weight is 530 g/mol. The summed E-state index contributed by atoms with van der Waals surface area (Å²) < 4.78 is 26.7. The first-order valence-electron chi connectivity index (χ1n) is 9.08. The predicted molar refractivity (Wildman–Crippen MR) is 121 cm³/mol. The number of hydrogen-bond donors (Lipinski definition) is 3. The lowest BCUT2D eigenvalue weighted by molar-refractivity contribution is 0.316. The lowest BCUT2D eigenvalue weighted by atomic mass is 9.86. The Bertz CT molecular complexity index is 681. The van der Waals surface area contributed by atoms with Crippen LogP contribution in [0.4, 0.5) is 0 Å². The SMILES string of the molecule is CCNC(=NCCS(=O)(=O)NCC1CCC1)NCCc1ccc(Cl)nc1.I. The number of aliphatic imine (C=N–C) groups is 1. The number of halogens is 2. The molecule has 0 saturated heterocycles. The van der Waals surface area contributed by atoms with E-state index in [9.17, 15) is 8.42 Å². The normalized spacial score (nSPS) is 15.0. The molecule has 0 radical (unpaired) electrons. The van der Waals surface area contributed by atoms with Crippen molar-refractivity contribution < 1.29 is 8.42 Å². The summed E-state index contributed by atoms with van der Waals surface area (Å²) in [6.07, 6.45) is 5.97. The van der Waals surface area contributed by atoms with Crippen LogP contribution in [0.2, 0.25) is 5.15 Å². The highest BCUT2D eigenvalue weighted by atomic mass is 127. The van der Waals surface area contributed by atoms with E-state index < -0.39 is 10.0 Å². The molecule has 0 bridgehead atoms. The summed E-state index contributed by atoms with van der Waals surface area (Å²) in [5.74, 6) is 1.12. The topological polar surface area (TPSA) is 95.5 Å². The molecule has 1 fully saturated rings. The Balaban J connectivity index is 0.00000364. The predicted octanol–water partition coefficient (Wildman–Crippen LogP) is 2.17. The molecule has 0 amide bonds. The first kappa shape index (κ1) is 24.4. The Kier molecular flexibility index (Phi) is 11.5. The van der Waals surface area contributed by atoms with Crippen LogP contribution in [0.15, 0.2) is 23.3 Å². The Morgan fingerprint density at radius 1 is 1.33 bits per heavy atom. The van der Waals surface area contributed by atoms with E-state index in [1.165, 1.54) is 6.42 Å². The van der Waals surface area contributed by atoms with Crippen LogP contribution in [0.1, 0.15) is 31.7 Å². The largest absolute Gasteiger partial charge is 0.357 e. The van der Waals surface area contributed by atoms with Crippen molar-refractivity contribution >= 4 is 51.6 Å². The first-order valence-corrected chi connectivity index (χ1v) is 11.1. The molecule has 7 nitrogen and oxygen atoms in total. The van der Waals surface area contributed by atoms with E-state index >= 15 is 0 Å². The summed E-state index contributed by atoms with van der Waals surface area (Å²) in [6, 6.07) is 3.69. The van der Waals surface area contributed by atoms with Crippen molar-refractivity contribution in [2.24, 2.45) is 10.9 Å². The van der Waals surface area contributed by atoms with Crippen LogP contribution in [-0.4, -0.2) is 51.3 Å². The third kappa shape index (κ3) is 9.91. The lowest BCUT2D eigenvalue weighted by Crippen LogP contribution is -2.39. The van der Waals surface area contributed by atoms with Gasteiger partial charge in [-0.25, -0.2) is 18.1 Å². The molecule has 0 atom stereocenters. The molecule has 1 aliphatic rings. The number of pyridine rings is 1. The van der Waals surface area contributed by atoms with Gasteiger partial charge in [-0.15, -0.1) is 24.0 Å². The van der Waals surface area contributed by atoms with E-state index in [2.05, 4.69) is 25.3 Å². The third-order valence-corrected chi connectivity index (χ3v) is 5.84. The summed E-state index contributed by atoms with van der Waals surface area (Å²) in [4.78, 5) is 8.39. The minimum atomic E-state index is -3.26. The van der Waals surface area contributed by atoms with E-state index in [0.717, 1.165) is 24.8 Å². The summed E-state index contributed by atoms with van der Waals surface area (Å²) in [5.41, 5.74) is 1.07. The smallest absolute Gasteiger partial charge is 0.213 e. The Morgan fingerprint density at radius 2 is 2.11 bits per heavy atom. The third-order valence-electron chi connectivity index (χ3n) is 4.29. The highest BCUT2D eigenvalue weighted by molar-refractivity contribution is 14.0. The summed E-state index contributed by atoms with van der Waals surface area (Å²) in [5, 5.41) is 6.80. The van der Waals surface area contributed by atoms with Gasteiger partial charge in [0.25, 0.3) is 0 Å². The van der Waals surface area contributed by atoms with Crippen molar-refractivity contribution in [1.82, 2.24) is 20.3 Å². The molecular weight excluding hydrogens is 501 g/mol. The number of guanidine groups is 1. The average Bonchev–Trinajstić information content (AvgIpc) is 2.55. The molecule has 10 heteroatoms. The van der Waals surface area contributed by atoms with Crippen molar-refractivity contribution in [2.75, 3.05) is 31.9 Å². The molecular formula is C17H29ClIN5O2S. The second kappa shape index (κ2) is 12.7. The van der Waals surface area contributed by atoms with Crippen LogP contribution >= 0.6 is 35.6 Å². The van der Waals surface area contributed by atoms with Crippen molar-refractivity contribution in [1.29, 1.82) is 0 Å². The molecule has 0 aliphatic heterocycles. The molecule has 0 aromatic carbocycles. The molecule has 1 saturated carbocycles. The van der Waals surface area contributed by atoms with Gasteiger partial charge in [-0.2, -0.15) is 0 Å². The van der Waals surface area contributed by atoms with Gasteiger partial charge in [0.1, 0.15) is 5.15 Å². The van der Waals surface area contributed by atoms with Gasteiger partial charge in [-0.1, -0.05) is 24.1 Å². The molecule has 0 unspecified atom stereocenters. The maximum Gasteiger partial charge on any atom is 0.213 e. The molecule has 27 heavy (non-hydrogen) atoms. The van der Waals surface area contributed by atoms with Crippen LogP contribution in [0, 0.1) is 5.92 Å². The fourth-order valence-electron chi connectivity index (χ4n) is 2.51. The zero-order chi connectivity index (χ0) is 18.8. The van der Waals surface area contributed by atoms with E-state index in [1.54, 1.807) is 12.3 Å². The van der Waals surface area contributed by atoms with Crippen molar-refractivity contribution in [3.8, 4) is 0 Å². The first-order chi connectivity index (χ1) is 12.5. The van der Waals surface area contributed by atoms with Gasteiger partial charge < -0.3 is 10.6 Å². The Morgan fingerprint density at radius 3 is 2.70 bits per heavy atom. The molecule has 1 aliphatic carbocycles. The van der Waals surface area contributed by atoms with E-state index in [-0.39, 0.29) is 36.3 Å². The van der Waals surface area contributed by atoms with E-state index in [1.807, 2.05) is 13.0 Å². The highest BCUT2D eigenvalue weighted by Gasteiger charge is 2.19. The van der Waals surface area contributed by atoms with E-state index in [4.69, 9.17) is 11.6 Å². The quantitative estimate of drug-likeness (QED) is 0.187. The standard InChI is InChI=1S/C17H28ClN5O2S.HI/c1-2-19-17(20-9-8-15-6-7-16(18)22-12-15)21-10-11-26(24,25)23-13-14-4-3-5-14;/h6-7,12,14,23H,2-5,8-11,13H2,1H3,(H2,19,20,21);1H. The molecule has 1 heterocycles. The van der Waals surface area contributed by atoms with Gasteiger partial charge in [0.2, 0.25) is 10.0 Å². The minimum Gasteiger partial charge on any atom is -0.357 e. The fourth-order valence-corrected chi connectivity index (χ4v) is 3.59. The molecule has 1 aromatic rings. The molecule has 1 aromatic heterocycles. The van der Waals surface area contributed by atoms with Crippen LogP contribution in [0.5, 0.6) is 0 Å². The summed E-state index contributed by atoms with van der Waals surface area (Å²) in [7, 11) is -3.26. The number of hydrogen-bond acceptors (Lipinski definition) is 4. The highest BCUT2D eigenvalue weighted by Crippen LogP contribution is 2.25. The van der Waals surface area contributed by atoms with Gasteiger partial charge in [0.05, 0.1) is 12.3 Å². The minimum absolute atomic E-state index is 0. The second-order valence-electron chi connectivity index (χ2n) is 6.39. The van der Waals surface area contributed by atoms with Crippen molar-refractivity contribution in [3.63, 3.8) is 0 Å². The van der Waals surface area contributed by atoms with Crippen LogP contribution in [-0.2, 0) is 16.4 Å². The second-order valence-corrected chi connectivity index (χ2v) is 8.70. The number of nitrogens with zero attached hydrogens (tertiary/aromatic N) is 2. The van der Waals surface area contributed by atoms with Gasteiger partial charge >= 0.3 is 0 Å². The van der Waals surface area contributed by atoms with Gasteiger partial charge in [0, 0.05) is 25.8 Å². The van der Waals surface area contributed by atoms with Gasteiger partial charge in [0.15, 0.2) is 5.96 Å². The number of aromatic nitrogens is 1. The molecule has 0 spiro atoms. The Hall–Kier alpha value is -0.650. The monoisotopic (exact) mass is 529 g/mol. The summed E-state index contributed by atoms with van der Waals surface area (Å²) >= 11 is 5.77. The number of sulfonamides is 1. The van der Waals surface area contributed by atoms with Crippen molar-refractivity contribution in [3.05, 3.63) is 29.0 Å². The molecule has 2 rings (SSSR count). The van der Waals surface area contributed by atoms with Crippen molar-refractivity contribution in [2.45, 2.75) is 32.6 Å². The van der Waals surface area contributed by atoms with Crippen LogP contribution in [0.3, 0.4) is 0 Å². The van der Waals surface area contributed by atoms with Gasteiger partial charge in [-0.3, -0.25) is 4.99 Å². The zero-order valence-electron chi connectivity index (χ0n) is 15.6. The lowest BCUT2D eigenvalue weighted by Gasteiger charge is -2.25. The van der Waals surface area contributed by atoms with E-state index in [0.29, 0.717) is 36.7 Å². The molecule has 154 valence electrons. The van der Waals surface area contributed by atoms with Crippen LogP contribution < -0.4 is 15.4 Å². The zero-order valence-corrected chi connectivity index (χ0v) is 19.5. The number of rotatable bonds is 10.